The van der Waals surface area contributed by atoms with Gasteiger partial charge in [-0.15, -0.1) is 0 Å². The first-order valence-electron chi connectivity index (χ1n) is 4.80. The molecule has 1 heterocycles. The maximum atomic E-state index is 11.6. The Morgan fingerprint density at radius 2 is 2.13 bits per heavy atom. The van der Waals surface area contributed by atoms with Crippen molar-refractivity contribution < 1.29 is 14.3 Å². The Morgan fingerprint density at radius 1 is 1.33 bits per heavy atom. The lowest BCUT2D eigenvalue weighted by Crippen LogP contribution is -2.04. The van der Waals surface area contributed by atoms with Gasteiger partial charge in [-0.05, 0) is 12.1 Å². The fourth-order valence-corrected chi connectivity index (χ4v) is 1.79. The third kappa shape index (κ3) is 2.15. The summed E-state index contributed by atoms with van der Waals surface area (Å²) < 4.78 is 11.0. The van der Waals surface area contributed by atoms with Crippen molar-refractivity contribution in [3.05, 3.63) is 23.8 Å². The first-order chi connectivity index (χ1) is 7.33. The number of alkyl halides is 1. The second-order valence-corrected chi connectivity index (χ2v) is 3.80. The Morgan fingerprint density at radius 3 is 2.93 bits per heavy atom. The molecular formula is C11H11BrO3. The summed E-state index contributed by atoms with van der Waals surface area (Å²) in [5, 5.41) is 0.298. The molecule has 3 nitrogen and oxygen atoms in total. The fourth-order valence-electron chi connectivity index (χ4n) is 1.49. The van der Waals surface area contributed by atoms with Gasteiger partial charge >= 0.3 is 0 Å². The predicted molar refractivity (Wildman–Crippen MR) is 60.2 cm³/mol. The highest BCUT2D eigenvalue weighted by Gasteiger charge is 2.18. The van der Waals surface area contributed by atoms with Gasteiger partial charge in [0.2, 0.25) is 0 Å². The third-order valence-electron chi connectivity index (χ3n) is 2.19. The smallest absolute Gasteiger partial charge is 0.177 e. The van der Waals surface area contributed by atoms with Crippen LogP contribution < -0.4 is 9.47 Å². The normalized spacial score (nSPS) is 14.5. The summed E-state index contributed by atoms with van der Waals surface area (Å²) in [7, 11) is 0. The Kier molecular flexibility index (Phi) is 3.26. The van der Waals surface area contributed by atoms with Crippen LogP contribution in [0.25, 0.3) is 0 Å². The Balaban J connectivity index is 2.43. The van der Waals surface area contributed by atoms with Crippen molar-refractivity contribution in [1.29, 1.82) is 0 Å². The SMILES string of the molecule is O=C(CBr)c1cccc2c1OCCCO2. The first kappa shape index (κ1) is 10.5. The predicted octanol–water partition coefficient (Wildman–Crippen LogP) is 2.43. The van der Waals surface area contributed by atoms with Crippen molar-refractivity contribution >= 4 is 21.7 Å². The van der Waals surface area contributed by atoms with Crippen molar-refractivity contribution in [3.8, 4) is 11.5 Å². The highest BCUT2D eigenvalue weighted by atomic mass is 79.9. The van der Waals surface area contributed by atoms with Gasteiger partial charge in [-0.2, -0.15) is 0 Å². The Hall–Kier alpha value is -1.03. The average molecular weight is 271 g/mol. The minimum absolute atomic E-state index is 0.0114. The van der Waals surface area contributed by atoms with Gasteiger partial charge < -0.3 is 9.47 Å². The van der Waals surface area contributed by atoms with E-state index in [9.17, 15) is 4.79 Å². The number of ether oxygens (including phenoxy) is 2. The Bertz CT molecular complexity index is 376. The molecule has 0 N–H and O–H groups in total. The van der Waals surface area contributed by atoms with Crippen LogP contribution in [0.15, 0.2) is 18.2 Å². The number of fused-ring (bicyclic) bond motifs is 1. The van der Waals surface area contributed by atoms with Crippen molar-refractivity contribution in [2.75, 3.05) is 18.5 Å². The number of para-hydroxylation sites is 1. The zero-order chi connectivity index (χ0) is 10.7. The lowest BCUT2D eigenvalue weighted by atomic mass is 10.1. The van der Waals surface area contributed by atoms with Gasteiger partial charge in [-0.1, -0.05) is 22.0 Å². The number of hydrogen-bond acceptors (Lipinski definition) is 3. The monoisotopic (exact) mass is 270 g/mol. The van der Waals surface area contributed by atoms with E-state index in [0.29, 0.717) is 35.6 Å². The molecule has 15 heavy (non-hydrogen) atoms. The average Bonchev–Trinajstić information content (AvgIpc) is 2.52. The van der Waals surface area contributed by atoms with Crippen LogP contribution in [0.2, 0.25) is 0 Å². The van der Waals surface area contributed by atoms with Gasteiger partial charge in [-0.3, -0.25) is 4.79 Å². The molecule has 2 rings (SSSR count). The van der Waals surface area contributed by atoms with E-state index in [1.54, 1.807) is 6.07 Å². The molecule has 0 unspecified atom stereocenters. The van der Waals surface area contributed by atoms with E-state index < -0.39 is 0 Å². The number of hydrogen-bond donors (Lipinski definition) is 0. The molecule has 0 fully saturated rings. The molecule has 1 aromatic rings. The van der Waals surface area contributed by atoms with Gasteiger partial charge in [-0.25, -0.2) is 0 Å². The molecule has 80 valence electrons. The van der Waals surface area contributed by atoms with E-state index in [-0.39, 0.29) is 5.78 Å². The number of Topliss-reactive ketones (excluding diaryl/α,β-unsaturated/α-hetero) is 1. The number of ketones is 1. The molecule has 0 spiro atoms. The van der Waals surface area contributed by atoms with Crippen molar-refractivity contribution in [1.82, 2.24) is 0 Å². The first-order valence-corrected chi connectivity index (χ1v) is 5.93. The molecule has 4 heteroatoms. The van der Waals surface area contributed by atoms with Crippen molar-refractivity contribution in [2.45, 2.75) is 6.42 Å². The van der Waals surface area contributed by atoms with Crippen molar-refractivity contribution in [3.63, 3.8) is 0 Å². The fraction of sp³-hybridized carbons (Fsp3) is 0.364. The third-order valence-corrected chi connectivity index (χ3v) is 2.70. The number of halogens is 1. The van der Waals surface area contributed by atoms with Crippen LogP contribution in [0.1, 0.15) is 16.8 Å². The molecule has 1 aliphatic rings. The molecule has 1 aliphatic heterocycles. The van der Waals surface area contributed by atoms with Crippen molar-refractivity contribution in [2.24, 2.45) is 0 Å². The summed E-state index contributed by atoms with van der Waals surface area (Å²) in [6.07, 6.45) is 0.844. The van der Waals surface area contributed by atoms with Crippen LogP contribution in [0, 0.1) is 0 Å². The number of carbonyl (C=O) groups excluding carboxylic acids is 1. The molecule has 0 saturated heterocycles. The second kappa shape index (κ2) is 4.66. The van der Waals surface area contributed by atoms with E-state index in [4.69, 9.17) is 9.47 Å². The van der Waals surface area contributed by atoms with Crippen LogP contribution in [-0.2, 0) is 0 Å². The zero-order valence-corrected chi connectivity index (χ0v) is 9.75. The molecule has 0 atom stereocenters. The second-order valence-electron chi connectivity index (χ2n) is 3.24. The van der Waals surface area contributed by atoms with Gasteiger partial charge in [0.15, 0.2) is 17.3 Å². The summed E-state index contributed by atoms with van der Waals surface area (Å²) in [4.78, 5) is 11.6. The molecule has 0 radical (unpaired) electrons. The van der Waals surface area contributed by atoms with Gasteiger partial charge in [0, 0.05) is 6.42 Å². The summed E-state index contributed by atoms with van der Waals surface area (Å²) in [6, 6.07) is 5.40. The van der Waals surface area contributed by atoms with Gasteiger partial charge in [0.1, 0.15) is 0 Å². The van der Waals surface area contributed by atoms with Crippen LogP contribution in [0.3, 0.4) is 0 Å². The molecule has 1 aromatic carbocycles. The van der Waals surface area contributed by atoms with Crippen LogP contribution in [-0.4, -0.2) is 24.3 Å². The summed E-state index contributed by atoms with van der Waals surface area (Å²) in [6.45, 7) is 1.23. The molecular weight excluding hydrogens is 260 g/mol. The van der Waals surface area contributed by atoms with Crippen LogP contribution >= 0.6 is 15.9 Å². The standard InChI is InChI=1S/C11H11BrO3/c12-7-9(13)8-3-1-4-10-11(8)15-6-2-5-14-10/h1,3-4H,2,5-7H2. The largest absolute Gasteiger partial charge is 0.490 e. The van der Waals surface area contributed by atoms with Gasteiger partial charge in [0.05, 0.1) is 24.1 Å². The lowest BCUT2D eigenvalue weighted by Gasteiger charge is -2.10. The molecule has 0 amide bonds. The minimum atomic E-state index is 0.0114. The highest BCUT2D eigenvalue weighted by Crippen LogP contribution is 2.33. The maximum Gasteiger partial charge on any atom is 0.177 e. The van der Waals surface area contributed by atoms with Gasteiger partial charge in [0.25, 0.3) is 0 Å². The molecule has 0 saturated carbocycles. The zero-order valence-electron chi connectivity index (χ0n) is 8.16. The highest BCUT2D eigenvalue weighted by molar-refractivity contribution is 9.09. The van der Waals surface area contributed by atoms with E-state index in [0.717, 1.165) is 6.42 Å². The number of rotatable bonds is 2. The minimum Gasteiger partial charge on any atom is -0.490 e. The quantitative estimate of drug-likeness (QED) is 0.612. The van der Waals surface area contributed by atoms with E-state index in [1.807, 2.05) is 12.1 Å². The molecule has 0 aromatic heterocycles. The van der Waals surface area contributed by atoms with E-state index in [2.05, 4.69) is 15.9 Å². The Labute approximate surface area is 96.5 Å². The lowest BCUT2D eigenvalue weighted by molar-refractivity contribution is 0.102. The summed E-state index contributed by atoms with van der Waals surface area (Å²) in [5.74, 6) is 1.26. The van der Waals surface area contributed by atoms with E-state index in [1.165, 1.54) is 0 Å². The molecule has 0 aliphatic carbocycles. The van der Waals surface area contributed by atoms with Crippen LogP contribution in [0.4, 0.5) is 0 Å². The number of carbonyl (C=O) groups is 1. The summed E-state index contributed by atoms with van der Waals surface area (Å²) >= 11 is 3.15. The number of benzene rings is 1. The van der Waals surface area contributed by atoms with E-state index >= 15 is 0 Å². The summed E-state index contributed by atoms with van der Waals surface area (Å²) in [5.41, 5.74) is 0.589. The van der Waals surface area contributed by atoms with Crippen LogP contribution in [0.5, 0.6) is 11.5 Å². The topological polar surface area (TPSA) is 35.5 Å². The molecule has 0 bridgehead atoms. The maximum absolute atomic E-state index is 11.6.